The molecule has 1 amide bonds. The summed E-state index contributed by atoms with van der Waals surface area (Å²) in [5, 5.41) is 22.5. The van der Waals surface area contributed by atoms with Gasteiger partial charge in [-0.05, 0) is 43.9 Å². The molecule has 2 heterocycles. The molecule has 1 aromatic heterocycles. The maximum Gasteiger partial charge on any atom is 0.230 e. The number of ether oxygens (including phenoxy) is 2. The van der Waals surface area contributed by atoms with Crippen LogP contribution < -0.4 is 25.4 Å². The number of ketones is 1. The number of hydrogen-bond acceptors (Lipinski definition) is 11. The van der Waals surface area contributed by atoms with Crippen molar-refractivity contribution in [1.29, 1.82) is 5.26 Å². The quantitative estimate of drug-likeness (QED) is 0.431. The number of nitrogens with one attached hydrogen (secondary N) is 1. The minimum absolute atomic E-state index is 0.0178. The summed E-state index contributed by atoms with van der Waals surface area (Å²) < 4.78 is 11.7. The number of allylic oxidation sites excluding steroid dienone is 3. The van der Waals surface area contributed by atoms with Crippen LogP contribution in [0.3, 0.4) is 0 Å². The predicted octanol–water partition coefficient (Wildman–Crippen LogP) is 4.40. The molecule has 2 aliphatic carbocycles. The molecular formula is C28H32N6O4S2. The number of Topliss-reactive ketones (excluding diaryl/α,β-unsaturated/α-hetero) is 1. The lowest BCUT2D eigenvalue weighted by Crippen LogP contribution is -2.38. The van der Waals surface area contributed by atoms with Gasteiger partial charge >= 0.3 is 0 Å². The number of carbonyl (C=O) groups excluding carboxylic acids is 2. The largest absolute Gasteiger partial charge is 0.497 e. The Morgan fingerprint density at radius 1 is 1.20 bits per heavy atom. The highest BCUT2D eigenvalue weighted by molar-refractivity contribution is 8.01. The molecule has 3 N–H and O–H groups in total. The first-order chi connectivity index (χ1) is 19.4. The molecule has 3 aliphatic rings. The molecule has 40 heavy (non-hydrogen) atoms. The van der Waals surface area contributed by atoms with Crippen molar-refractivity contribution in [3.05, 3.63) is 46.4 Å². The van der Waals surface area contributed by atoms with E-state index in [1.807, 2.05) is 0 Å². The van der Waals surface area contributed by atoms with E-state index >= 15 is 0 Å². The van der Waals surface area contributed by atoms with E-state index in [9.17, 15) is 14.9 Å². The number of nitrogens with two attached hydrogens (primary N) is 1. The number of carbonyl (C=O) groups is 2. The second kappa shape index (κ2) is 12.3. The summed E-state index contributed by atoms with van der Waals surface area (Å²) in [5.41, 5.74) is 8.78. The van der Waals surface area contributed by atoms with Crippen LogP contribution in [0.5, 0.6) is 11.5 Å². The van der Waals surface area contributed by atoms with Crippen molar-refractivity contribution >= 4 is 39.9 Å². The average Bonchev–Trinajstić information content (AvgIpc) is 3.44. The Balaban J connectivity index is 1.45. The van der Waals surface area contributed by atoms with Crippen molar-refractivity contribution in [2.75, 3.05) is 24.9 Å². The molecular weight excluding hydrogens is 548 g/mol. The zero-order chi connectivity index (χ0) is 28.2. The number of anilines is 1. The average molecular weight is 581 g/mol. The van der Waals surface area contributed by atoms with Gasteiger partial charge in [-0.3, -0.25) is 14.5 Å². The third kappa shape index (κ3) is 5.53. The first kappa shape index (κ1) is 28.0. The van der Waals surface area contributed by atoms with Crippen molar-refractivity contribution in [2.45, 2.75) is 67.7 Å². The van der Waals surface area contributed by atoms with Crippen LogP contribution in [-0.4, -0.2) is 47.9 Å². The lowest BCUT2D eigenvalue weighted by molar-refractivity contribution is -0.119. The minimum atomic E-state index is -0.695. The summed E-state index contributed by atoms with van der Waals surface area (Å²) in [5.74, 6) is 0.803. The van der Waals surface area contributed by atoms with E-state index in [1.54, 1.807) is 37.3 Å². The molecule has 0 spiro atoms. The van der Waals surface area contributed by atoms with Gasteiger partial charge < -0.3 is 20.5 Å². The molecule has 1 saturated carbocycles. The van der Waals surface area contributed by atoms with Crippen molar-refractivity contribution in [1.82, 2.24) is 15.5 Å². The van der Waals surface area contributed by atoms with Crippen molar-refractivity contribution in [3.63, 3.8) is 0 Å². The second-order valence-electron chi connectivity index (χ2n) is 9.97. The van der Waals surface area contributed by atoms with E-state index in [0.717, 1.165) is 25.7 Å². The molecule has 1 aliphatic heterocycles. The van der Waals surface area contributed by atoms with Crippen molar-refractivity contribution < 1.29 is 19.1 Å². The number of methoxy groups -OCH3 is 2. The number of nitrogens with zero attached hydrogens (tertiary/aromatic N) is 4. The topological polar surface area (TPSA) is 143 Å². The van der Waals surface area contributed by atoms with Crippen molar-refractivity contribution in [2.24, 2.45) is 5.73 Å². The molecule has 0 bridgehead atoms. The SMILES string of the molecule is COc1ccc(OC)c(C2C(C#N)=C(N)N(c3nnc(SCC(=O)NC4CCCCC4)s3)C3=C2C(=O)CCC3)c1. The zero-order valence-electron chi connectivity index (χ0n) is 22.6. The lowest BCUT2D eigenvalue weighted by atomic mass is 9.75. The first-order valence-electron chi connectivity index (χ1n) is 13.4. The maximum absolute atomic E-state index is 13.4. The number of aromatic nitrogens is 2. The second-order valence-corrected chi connectivity index (χ2v) is 12.1. The normalized spacial score (nSPS) is 19.8. The van der Waals surface area contributed by atoms with E-state index < -0.39 is 5.92 Å². The molecule has 12 heteroatoms. The summed E-state index contributed by atoms with van der Waals surface area (Å²) in [4.78, 5) is 27.6. The van der Waals surface area contributed by atoms with E-state index in [2.05, 4.69) is 21.6 Å². The molecule has 1 fully saturated rings. The smallest absolute Gasteiger partial charge is 0.230 e. The third-order valence-corrected chi connectivity index (χ3v) is 9.59. The molecule has 0 radical (unpaired) electrons. The predicted molar refractivity (Wildman–Crippen MR) is 153 cm³/mol. The Hall–Kier alpha value is -3.56. The molecule has 2 aromatic rings. The first-order valence-corrected chi connectivity index (χ1v) is 15.2. The Morgan fingerprint density at radius 2 is 2.00 bits per heavy atom. The van der Waals surface area contributed by atoms with Gasteiger partial charge in [0.05, 0.1) is 37.5 Å². The van der Waals surface area contributed by atoms with Crippen LogP contribution in [0, 0.1) is 11.3 Å². The zero-order valence-corrected chi connectivity index (χ0v) is 24.2. The number of hydrogen-bond donors (Lipinski definition) is 2. The fourth-order valence-corrected chi connectivity index (χ4v) is 7.37. The van der Waals surface area contributed by atoms with Gasteiger partial charge in [0.1, 0.15) is 17.3 Å². The Labute approximate surface area is 241 Å². The summed E-state index contributed by atoms with van der Waals surface area (Å²) in [6.45, 7) is 0. The van der Waals surface area contributed by atoms with E-state index in [4.69, 9.17) is 15.2 Å². The van der Waals surface area contributed by atoms with Crippen LogP contribution in [0.1, 0.15) is 62.8 Å². The van der Waals surface area contributed by atoms with Gasteiger partial charge in [-0.25, -0.2) is 0 Å². The van der Waals surface area contributed by atoms with Gasteiger partial charge in [0.2, 0.25) is 11.0 Å². The number of benzene rings is 1. The number of thioether (sulfide) groups is 1. The van der Waals surface area contributed by atoms with Gasteiger partial charge in [0, 0.05) is 29.3 Å². The maximum atomic E-state index is 13.4. The fraction of sp³-hybridized carbons (Fsp3) is 0.464. The molecule has 10 nitrogen and oxygen atoms in total. The number of amides is 1. The lowest BCUT2D eigenvalue weighted by Gasteiger charge is -2.38. The van der Waals surface area contributed by atoms with Crippen LogP contribution in [0.15, 0.2) is 45.2 Å². The molecule has 5 rings (SSSR count). The highest BCUT2D eigenvalue weighted by Gasteiger charge is 2.42. The number of rotatable bonds is 8. The van der Waals surface area contributed by atoms with Gasteiger partial charge in [-0.15, -0.1) is 10.2 Å². The summed E-state index contributed by atoms with van der Waals surface area (Å²) >= 11 is 2.60. The van der Waals surface area contributed by atoms with E-state index in [1.165, 1.54) is 29.5 Å². The van der Waals surface area contributed by atoms with Crippen LogP contribution in [0.4, 0.5) is 5.13 Å². The van der Waals surface area contributed by atoms with E-state index in [-0.39, 0.29) is 34.9 Å². The molecule has 1 atom stereocenters. The summed E-state index contributed by atoms with van der Waals surface area (Å²) in [6.07, 6.45) is 7.22. The molecule has 0 saturated heterocycles. The van der Waals surface area contributed by atoms with E-state index in [0.29, 0.717) is 57.1 Å². The molecule has 1 unspecified atom stereocenters. The van der Waals surface area contributed by atoms with Crippen LogP contribution in [0.2, 0.25) is 0 Å². The Morgan fingerprint density at radius 3 is 2.73 bits per heavy atom. The standard InChI is InChI=1S/C28H32N6O4S2/c1-37-17-11-12-22(38-2)18(13-17)24-19(14-29)26(30)34(20-9-6-10-21(35)25(20)24)27-32-33-28(40-27)39-15-23(36)31-16-7-4-3-5-8-16/h11-13,16,24H,3-10,15,30H2,1-2H3,(H,31,36). The highest BCUT2D eigenvalue weighted by Crippen LogP contribution is 2.49. The molecule has 210 valence electrons. The highest BCUT2D eigenvalue weighted by atomic mass is 32.2. The van der Waals surface area contributed by atoms with Gasteiger partial charge in [-0.1, -0.05) is 42.4 Å². The fourth-order valence-electron chi connectivity index (χ4n) is 5.68. The van der Waals surface area contributed by atoms with Gasteiger partial charge in [0.15, 0.2) is 10.1 Å². The molecule has 1 aromatic carbocycles. The summed E-state index contributed by atoms with van der Waals surface area (Å²) in [7, 11) is 3.11. The van der Waals surface area contributed by atoms with Crippen LogP contribution >= 0.6 is 23.1 Å². The Bertz CT molecular complexity index is 1410. The monoisotopic (exact) mass is 580 g/mol. The van der Waals surface area contributed by atoms with Gasteiger partial charge in [-0.2, -0.15) is 5.26 Å². The van der Waals surface area contributed by atoms with Crippen LogP contribution in [-0.2, 0) is 9.59 Å². The number of nitriles is 1. The van der Waals surface area contributed by atoms with Gasteiger partial charge in [0.25, 0.3) is 0 Å². The minimum Gasteiger partial charge on any atom is -0.497 e. The third-order valence-electron chi connectivity index (χ3n) is 7.55. The summed E-state index contributed by atoms with van der Waals surface area (Å²) in [6, 6.07) is 7.82. The van der Waals surface area contributed by atoms with Crippen molar-refractivity contribution in [3.8, 4) is 17.6 Å². The Kier molecular flexibility index (Phi) is 8.61. The van der Waals surface area contributed by atoms with Crippen LogP contribution in [0.25, 0.3) is 0 Å².